The maximum absolute atomic E-state index is 13.7. The van der Waals surface area contributed by atoms with E-state index in [2.05, 4.69) is 15.4 Å². The van der Waals surface area contributed by atoms with Gasteiger partial charge in [0.15, 0.2) is 0 Å². The molecule has 2 atom stereocenters. The zero-order valence-electron chi connectivity index (χ0n) is 15.9. The van der Waals surface area contributed by atoms with Crippen molar-refractivity contribution >= 4 is 5.91 Å². The molecule has 0 saturated carbocycles. The fourth-order valence-electron chi connectivity index (χ4n) is 3.37. The molecule has 7 nitrogen and oxygen atoms in total. The lowest BCUT2D eigenvalue weighted by Crippen LogP contribution is -2.31. The van der Waals surface area contributed by atoms with Crippen molar-refractivity contribution < 1.29 is 18.7 Å². The van der Waals surface area contributed by atoms with Gasteiger partial charge in [-0.15, -0.1) is 0 Å². The van der Waals surface area contributed by atoms with Crippen LogP contribution in [0.1, 0.15) is 47.4 Å². The van der Waals surface area contributed by atoms with E-state index in [0.29, 0.717) is 43.9 Å². The fraction of sp³-hybridized carbons (Fsp3) is 0.526. The van der Waals surface area contributed by atoms with Crippen molar-refractivity contribution in [3.8, 4) is 0 Å². The van der Waals surface area contributed by atoms with Gasteiger partial charge in [0.25, 0.3) is 5.91 Å². The quantitative estimate of drug-likeness (QED) is 0.800. The van der Waals surface area contributed by atoms with Crippen molar-refractivity contribution in [2.45, 2.75) is 45.4 Å². The second kappa shape index (κ2) is 8.58. The maximum atomic E-state index is 13.7. The van der Waals surface area contributed by atoms with E-state index < -0.39 is 0 Å². The van der Waals surface area contributed by atoms with Crippen LogP contribution in [0.3, 0.4) is 0 Å². The smallest absolute Gasteiger partial charge is 0.269 e. The standard InChI is InChI=1S/C19H25FN4O3/c1-12-11-14-17(13(2)27-12)23-24(9-10-26-3)18(14)19(25)22-8-6-16-15(20)5-4-7-21-16/h4-5,7,12-13H,6,8-11H2,1-3H3,(H,22,25)/t12-,13+/m0/s1. The molecule has 3 rings (SSSR count). The highest BCUT2D eigenvalue weighted by atomic mass is 19.1. The second-order valence-electron chi connectivity index (χ2n) is 6.66. The largest absolute Gasteiger partial charge is 0.383 e. The van der Waals surface area contributed by atoms with Gasteiger partial charge in [-0.2, -0.15) is 5.10 Å². The van der Waals surface area contributed by atoms with Gasteiger partial charge in [0, 0.05) is 38.3 Å². The summed E-state index contributed by atoms with van der Waals surface area (Å²) in [5.74, 6) is -0.591. The molecule has 1 aliphatic rings. The monoisotopic (exact) mass is 376 g/mol. The number of nitrogens with one attached hydrogen (secondary N) is 1. The van der Waals surface area contributed by atoms with Gasteiger partial charge >= 0.3 is 0 Å². The molecule has 0 unspecified atom stereocenters. The highest BCUT2D eigenvalue weighted by molar-refractivity contribution is 5.94. The molecular formula is C19H25FN4O3. The number of fused-ring (bicyclic) bond motifs is 1. The molecule has 1 N–H and O–H groups in total. The minimum atomic E-state index is -0.367. The first-order chi connectivity index (χ1) is 13.0. The lowest BCUT2D eigenvalue weighted by Gasteiger charge is -2.24. The van der Waals surface area contributed by atoms with E-state index >= 15 is 0 Å². The van der Waals surface area contributed by atoms with Gasteiger partial charge in [0.05, 0.1) is 36.7 Å². The lowest BCUT2D eigenvalue weighted by atomic mass is 9.99. The van der Waals surface area contributed by atoms with Crippen LogP contribution in [0.4, 0.5) is 4.39 Å². The van der Waals surface area contributed by atoms with Crippen molar-refractivity contribution in [3.63, 3.8) is 0 Å². The van der Waals surface area contributed by atoms with Crippen LogP contribution in [-0.4, -0.2) is 47.0 Å². The molecule has 8 heteroatoms. The van der Waals surface area contributed by atoms with Crippen LogP contribution in [-0.2, 0) is 28.9 Å². The zero-order chi connectivity index (χ0) is 19.4. The first-order valence-corrected chi connectivity index (χ1v) is 9.12. The number of carbonyl (C=O) groups excluding carboxylic acids is 1. The predicted octanol–water partition coefficient (Wildman–Crippen LogP) is 2.06. The van der Waals surface area contributed by atoms with Crippen molar-refractivity contribution in [2.24, 2.45) is 0 Å². The number of carbonyl (C=O) groups is 1. The van der Waals surface area contributed by atoms with Crippen molar-refractivity contribution in [2.75, 3.05) is 20.3 Å². The number of aromatic nitrogens is 3. The van der Waals surface area contributed by atoms with Gasteiger partial charge < -0.3 is 14.8 Å². The number of hydrogen-bond donors (Lipinski definition) is 1. The number of ether oxygens (including phenoxy) is 2. The van der Waals surface area contributed by atoms with Gasteiger partial charge in [-0.25, -0.2) is 4.39 Å². The second-order valence-corrected chi connectivity index (χ2v) is 6.66. The van der Waals surface area contributed by atoms with Crippen molar-refractivity contribution in [1.29, 1.82) is 0 Å². The molecule has 2 aromatic heterocycles. The summed E-state index contributed by atoms with van der Waals surface area (Å²) >= 11 is 0. The fourth-order valence-corrected chi connectivity index (χ4v) is 3.37. The number of methoxy groups -OCH3 is 1. The van der Waals surface area contributed by atoms with Crippen LogP contribution in [0.2, 0.25) is 0 Å². The molecule has 0 spiro atoms. The van der Waals surface area contributed by atoms with Crippen LogP contribution in [0.15, 0.2) is 18.3 Å². The third-order valence-corrected chi connectivity index (χ3v) is 4.60. The SMILES string of the molecule is COCCn1nc2c(c1C(=O)NCCc1ncccc1F)C[C@H](C)O[C@@H]2C. The third-order valence-electron chi connectivity index (χ3n) is 4.60. The lowest BCUT2D eigenvalue weighted by molar-refractivity contribution is -0.00716. The number of nitrogens with zero attached hydrogens (tertiary/aromatic N) is 3. The Labute approximate surface area is 157 Å². The molecule has 27 heavy (non-hydrogen) atoms. The molecule has 1 aliphatic heterocycles. The van der Waals surface area contributed by atoms with Crippen LogP contribution >= 0.6 is 0 Å². The molecule has 0 radical (unpaired) electrons. The topological polar surface area (TPSA) is 78.3 Å². The normalized spacial score (nSPS) is 19.0. The number of pyridine rings is 1. The first kappa shape index (κ1) is 19.4. The Morgan fingerprint density at radius 1 is 1.48 bits per heavy atom. The Kier molecular flexibility index (Phi) is 6.18. The van der Waals surface area contributed by atoms with E-state index in [0.717, 1.165) is 11.3 Å². The molecule has 0 fully saturated rings. The summed E-state index contributed by atoms with van der Waals surface area (Å²) in [5, 5.41) is 7.45. The van der Waals surface area contributed by atoms with Crippen LogP contribution in [0.25, 0.3) is 0 Å². The molecular weight excluding hydrogens is 351 g/mol. The molecule has 0 bridgehead atoms. The van der Waals surface area contributed by atoms with E-state index in [1.165, 1.54) is 6.07 Å². The molecule has 146 valence electrons. The van der Waals surface area contributed by atoms with Gasteiger partial charge in [-0.1, -0.05) is 0 Å². The van der Waals surface area contributed by atoms with Gasteiger partial charge in [-0.3, -0.25) is 14.5 Å². The number of hydrogen-bond acceptors (Lipinski definition) is 5. The summed E-state index contributed by atoms with van der Waals surface area (Å²) in [5.41, 5.74) is 2.58. The van der Waals surface area contributed by atoms with Crippen LogP contribution < -0.4 is 5.32 Å². The summed E-state index contributed by atoms with van der Waals surface area (Å²) in [6.45, 7) is 5.14. The maximum Gasteiger partial charge on any atom is 0.269 e. The minimum absolute atomic E-state index is 0.0155. The number of rotatable bonds is 7. The minimum Gasteiger partial charge on any atom is -0.383 e. The van der Waals surface area contributed by atoms with Crippen molar-refractivity contribution in [3.05, 3.63) is 46.8 Å². The van der Waals surface area contributed by atoms with Crippen LogP contribution in [0, 0.1) is 5.82 Å². The Bertz CT molecular complexity index is 808. The summed E-state index contributed by atoms with van der Waals surface area (Å²) in [7, 11) is 1.61. The number of amides is 1. The predicted molar refractivity (Wildman–Crippen MR) is 97.0 cm³/mol. The van der Waals surface area contributed by atoms with Gasteiger partial charge in [-0.05, 0) is 26.0 Å². The highest BCUT2D eigenvalue weighted by Gasteiger charge is 2.31. The Balaban J connectivity index is 1.77. The Morgan fingerprint density at radius 2 is 2.30 bits per heavy atom. The van der Waals surface area contributed by atoms with E-state index in [4.69, 9.17) is 9.47 Å². The van der Waals surface area contributed by atoms with E-state index in [1.54, 1.807) is 24.1 Å². The molecule has 0 aliphatic carbocycles. The Morgan fingerprint density at radius 3 is 3.04 bits per heavy atom. The van der Waals surface area contributed by atoms with Crippen molar-refractivity contribution in [1.82, 2.24) is 20.1 Å². The molecule has 3 heterocycles. The van der Waals surface area contributed by atoms with E-state index in [-0.39, 0.29) is 23.9 Å². The average Bonchev–Trinajstić information content (AvgIpc) is 3.00. The summed E-state index contributed by atoms with van der Waals surface area (Å²) < 4.78 is 26.3. The molecule has 2 aromatic rings. The van der Waals surface area contributed by atoms with Gasteiger partial charge in [0.2, 0.25) is 0 Å². The van der Waals surface area contributed by atoms with E-state index in [1.807, 2.05) is 13.8 Å². The van der Waals surface area contributed by atoms with E-state index in [9.17, 15) is 9.18 Å². The first-order valence-electron chi connectivity index (χ1n) is 9.12. The molecule has 0 aromatic carbocycles. The molecule has 1 amide bonds. The summed E-state index contributed by atoms with van der Waals surface area (Å²) in [4.78, 5) is 16.9. The average molecular weight is 376 g/mol. The highest BCUT2D eigenvalue weighted by Crippen LogP contribution is 2.31. The molecule has 0 saturated heterocycles. The van der Waals surface area contributed by atoms with Gasteiger partial charge in [0.1, 0.15) is 11.5 Å². The number of halogens is 1. The third kappa shape index (κ3) is 4.33. The summed E-state index contributed by atoms with van der Waals surface area (Å²) in [6.07, 6.45) is 2.34. The van der Waals surface area contributed by atoms with Crippen LogP contribution in [0.5, 0.6) is 0 Å². The Hall–Kier alpha value is -2.32. The summed E-state index contributed by atoms with van der Waals surface area (Å²) in [6, 6.07) is 2.91. The zero-order valence-corrected chi connectivity index (χ0v) is 15.9.